The van der Waals surface area contributed by atoms with E-state index in [0.717, 1.165) is 51.9 Å². The van der Waals surface area contributed by atoms with Crippen molar-refractivity contribution in [3.05, 3.63) is 18.7 Å². The van der Waals surface area contributed by atoms with E-state index in [-0.39, 0.29) is 17.2 Å². The highest BCUT2D eigenvalue weighted by molar-refractivity contribution is 5.78. The van der Waals surface area contributed by atoms with E-state index in [1.54, 1.807) is 19.6 Å². The summed E-state index contributed by atoms with van der Waals surface area (Å²) in [4.78, 5) is 32.8. The van der Waals surface area contributed by atoms with Crippen LogP contribution in [-0.4, -0.2) is 71.1 Å². The van der Waals surface area contributed by atoms with E-state index in [4.69, 9.17) is 4.74 Å². The van der Waals surface area contributed by atoms with Crippen molar-refractivity contribution in [3.63, 3.8) is 0 Å². The highest BCUT2D eigenvalue weighted by Crippen LogP contribution is 2.39. The van der Waals surface area contributed by atoms with Crippen molar-refractivity contribution in [2.75, 3.05) is 39.9 Å². The molecule has 0 bridgehead atoms. The summed E-state index contributed by atoms with van der Waals surface area (Å²) in [5, 5.41) is 0. The van der Waals surface area contributed by atoms with Crippen molar-refractivity contribution >= 4 is 11.8 Å². The van der Waals surface area contributed by atoms with Gasteiger partial charge in [0.2, 0.25) is 11.8 Å². The topological polar surface area (TPSA) is 67.7 Å². The zero-order valence-corrected chi connectivity index (χ0v) is 15.0. The lowest BCUT2D eigenvalue weighted by Crippen LogP contribution is -2.55. The predicted molar refractivity (Wildman–Crippen MR) is 92.8 cm³/mol. The normalized spacial score (nSPS) is 24.1. The lowest BCUT2D eigenvalue weighted by atomic mass is 9.73. The standard InChI is InChI=1S/C18H28N4O3/c1-25-11-3-9-21-13-18(6-4-16(21)23)5-2-8-22(14-18)17(24)12-20-10-7-19-15-20/h7,10,15H,2-6,8-9,11-14H2,1H3/t18-/m0/s1. The van der Waals surface area contributed by atoms with E-state index in [9.17, 15) is 9.59 Å². The maximum Gasteiger partial charge on any atom is 0.242 e. The Morgan fingerprint density at radius 2 is 2.24 bits per heavy atom. The number of hydrogen-bond acceptors (Lipinski definition) is 4. The van der Waals surface area contributed by atoms with Gasteiger partial charge in [0.15, 0.2) is 0 Å². The minimum absolute atomic E-state index is 0.0594. The van der Waals surface area contributed by atoms with Crippen LogP contribution in [0.3, 0.4) is 0 Å². The molecule has 2 amide bonds. The van der Waals surface area contributed by atoms with E-state index in [1.165, 1.54) is 0 Å². The van der Waals surface area contributed by atoms with E-state index >= 15 is 0 Å². The molecule has 2 saturated heterocycles. The Morgan fingerprint density at radius 3 is 3.00 bits per heavy atom. The monoisotopic (exact) mass is 348 g/mol. The molecule has 0 aromatic carbocycles. The van der Waals surface area contributed by atoms with Gasteiger partial charge in [-0.3, -0.25) is 9.59 Å². The fourth-order valence-electron chi connectivity index (χ4n) is 4.10. The number of amides is 2. The van der Waals surface area contributed by atoms with Crippen LogP contribution in [0.4, 0.5) is 0 Å². The summed E-state index contributed by atoms with van der Waals surface area (Å²) in [5.74, 6) is 0.378. The molecular weight excluding hydrogens is 320 g/mol. The highest BCUT2D eigenvalue weighted by Gasteiger charge is 2.42. The van der Waals surface area contributed by atoms with Crippen LogP contribution >= 0.6 is 0 Å². The zero-order chi connectivity index (χ0) is 17.7. The molecule has 138 valence electrons. The molecule has 0 radical (unpaired) electrons. The van der Waals surface area contributed by atoms with Crippen LogP contribution in [0.2, 0.25) is 0 Å². The van der Waals surface area contributed by atoms with Crippen LogP contribution in [0.5, 0.6) is 0 Å². The quantitative estimate of drug-likeness (QED) is 0.723. The Morgan fingerprint density at radius 1 is 1.36 bits per heavy atom. The summed E-state index contributed by atoms with van der Waals surface area (Å²) in [6.07, 6.45) is 9.63. The molecule has 2 fully saturated rings. The largest absolute Gasteiger partial charge is 0.385 e. The Kier molecular flexibility index (Phi) is 5.73. The Bertz CT molecular complexity index is 589. The molecule has 3 rings (SSSR count). The summed E-state index contributed by atoms with van der Waals surface area (Å²) in [6, 6.07) is 0. The van der Waals surface area contributed by atoms with Gasteiger partial charge in [0.25, 0.3) is 0 Å². The number of carbonyl (C=O) groups excluding carboxylic acids is 2. The van der Waals surface area contributed by atoms with E-state index in [1.807, 2.05) is 20.6 Å². The molecule has 1 aromatic rings. The van der Waals surface area contributed by atoms with Gasteiger partial charge in [-0.2, -0.15) is 0 Å². The van der Waals surface area contributed by atoms with Gasteiger partial charge in [0.05, 0.1) is 6.33 Å². The van der Waals surface area contributed by atoms with Gasteiger partial charge >= 0.3 is 0 Å². The Hall–Kier alpha value is -1.89. The molecule has 0 saturated carbocycles. The average Bonchev–Trinajstić information content (AvgIpc) is 3.11. The summed E-state index contributed by atoms with van der Waals surface area (Å²) in [7, 11) is 1.68. The summed E-state index contributed by atoms with van der Waals surface area (Å²) < 4.78 is 6.92. The Balaban J connectivity index is 1.60. The third-order valence-electron chi connectivity index (χ3n) is 5.42. The first-order chi connectivity index (χ1) is 12.1. The zero-order valence-electron chi connectivity index (χ0n) is 15.0. The minimum atomic E-state index is 0.0594. The minimum Gasteiger partial charge on any atom is -0.385 e. The Labute approximate surface area is 148 Å². The second-order valence-corrected chi connectivity index (χ2v) is 7.32. The van der Waals surface area contributed by atoms with Gasteiger partial charge < -0.3 is 19.1 Å². The van der Waals surface area contributed by atoms with Gasteiger partial charge in [0.1, 0.15) is 6.54 Å². The maximum absolute atomic E-state index is 12.6. The van der Waals surface area contributed by atoms with E-state index in [0.29, 0.717) is 19.6 Å². The number of carbonyl (C=O) groups is 2. The van der Waals surface area contributed by atoms with Crippen molar-refractivity contribution in [2.45, 2.75) is 38.6 Å². The molecule has 2 aliphatic heterocycles. The lowest BCUT2D eigenvalue weighted by molar-refractivity contribution is -0.143. The second kappa shape index (κ2) is 7.99. The van der Waals surface area contributed by atoms with Gasteiger partial charge in [0, 0.05) is 64.1 Å². The van der Waals surface area contributed by atoms with Crippen molar-refractivity contribution in [2.24, 2.45) is 5.41 Å². The average molecular weight is 348 g/mol. The molecule has 0 unspecified atom stereocenters. The number of piperidine rings is 2. The molecule has 1 atom stereocenters. The third kappa shape index (κ3) is 4.39. The maximum atomic E-state index is 12.6. The first-order valence-electron chi connectivity index (χ1n) is 9.12. The summed E-state index contributed by atoms with van der Waals surface area (Å²) in [5.41, 5.74) is 0.0594. The van der Waals surface area contributed by atoms with Crippen LogP contribution < -0.4 is 0 Å². The number of hydrogen-bond donors (Lipinski definition) is 0. The first-order valence-corrected chi connectivity index (χ1v) is 9.12. The predicted octanol–water partition coefficient (Wildman–Crippen LogP) is 1.15. The number of likely N-dealkylation sites (tertiary alicyclic amines) is 2. The molecule has 0 aliphatic carbocycles. The lowest BCUT2D eigenvalue weighted by Gasteiger charge is -2.48. The summed E-state index contributed by atoms with van der Waals surface area (Å²) in [6.45, 7) is 4.10. The number of aromatic nitrogens is 2. The van der Waals surface area contributed by atoms with Crippen molar-refractivity contribution < 1.29 is 14.3 Å². The molecule has 2 aliphatic rings. The van der Waals surface area contributed by atoms with E-state index < -0.39 is 0 Å². The first kappa shape index (κ1) is 17.9. The number of nitrogens with zero attached hydrogens (tertiary/aromatic N) is 4. The van der Waals surface area contributed by atoms with Crippen molar-refractivity contribution in [1.29, 1.82) is 0 Å². The number of imidazole rings is 1. The van der Waals surface area contributed by atoms with Gasteiger partial charge in [-0.05, 0) is 25.7 Å². The third-order valence-corrected chi connectivity index (χ3v) is 5.42. The van der Waals surface area contributed by atoms with Gasteiger partial charge in [-0.25, -0.2) is 4.98 Å². The molecule has 3 heterocycles. The molecular formula is C18H28N4O3. The molecule has 1 spiro atoms. The number of ether oxygens (including phenoxy) is 1. The molecule has 0 N–H and O–H groups in total. The van der Waals surface area contributed by atoms with Crippen LogP contribution in [0, 0.1) is 5.41 Å². The molecule has 25 heavy (non-hydrogen) atoms. The molecule has 1 aromatic heterocycles. The van der Waals surface area contributed by atoms with Crippen LogP contribution in [0.25, 0.3) is 0 Å². The number of rotatable bonds is 6. The fourth-order valence-corrected chi connectivity index (χ4v) is 4.10. The van der Waals surface area contributed by atoms with Crippen molar-refractivity contribution in [3.8, 4) is 0 Å². The van der Waals surface area contributed by atoms with E-state index in [2.05, 4.69) is 4.98 Å². The smallest absolute Gasteiger partial charge is 0.242 e. The SMILES string of the molecule is COCCCN1C[C@]2(CCCN(C(=O)Cn3ccnc3)C2)CCC1=O. The molecule has 7 nitrogen and oxygen atoms in total. The van der Waals surface area contributed by atoms with Crippen LogP contribution in [0.15, 0.2) is 18.7 Å². The highest BCUT2D eigenvalue weighted by atomic mass is 16.5. The number of methoxy groups -OCH3 is 1. The van der Waals surface area contributed by atoms with Crippen LogP contribution in [0.1, 0.15) is 32.1 Å². The second-order valence-electron chi connectivity index (χ2n) is 7.32. The van der Waals surface area contributed by atoms with Gasteiger partial charge in [-0.15, -0.1) is 0 Å². The molecule has 7 heteroatoms. The fraction of sp³-hybridized carbons (Fsp3) is 0.722. The van der Waals surface area contributed by atoms with Gasteiger partial charge in [-0.1, -0.05) is 0 Å². The summed E-state index contributed by atoms with van der Waals surface area (Å²) >= 11 is 0. The van der Waals surface area contributed by atoms with Crippen LogP contribution in [-0.2, 0) is 20.9 Å². The van der Waals surface area contributed by atoms with Crippen molar-refractivity contribution in [1.82, 2.24) is 19.4 Å².